The molecule has 5 rings (SSSR count). The highest BCUT2D eigenvalue weighted by atomic mass is 16.2. The minimum Gasteiger partial charge on any atom is -0.338 e. The van der Waals surface area contributed by atoms with E-state index in [4.69, 9.17) is 9.59 Å². The monoisotopic (exact) mass is 698 g/mol. The molecule has 3 saturated heterocycles. The lowest BCUT2D eigenvalue weighted by Gasteiger charge is -2.38. The Balaban J connectivity index is 0. The summed E-state index contributed by atoms with van der Waals surface area (Å²) < 4.78 is 0. The summed E-state index contributed by atoms with van der Waals surface area (Å²) in [6, 6.07) is 19.0. The molecular weight excluding hydrogens is 626 g/mol. The maximum Gasteiger partial charge on any atom is 0.317 e. The Kier molecular flexibility index (Phi) is 29.4. The summed E-state index contributed by atoms with van der Waals surface area (Å²) in [6.45, 7) is 24.5. The van der Waals surface area contributed by atoms with Crippen molar-refractivity contribution in [3.05, 3.63) is 71.3 Å². The van der Waals surface area contributed by atoms with Gasteiger partial charge in [-0.15, -0.1) is 0 Å². The predicted octanol–water partition coefficient (Wildman–Crippen LogP) is 7.81. The van der Waals surface area contributed by atoms with Gasteiger partial charge in [-0.3, -0.25) is 4.79 Å². The fourth-order valence-electron chi connectivity index (χ4n) is 6.28. The minimum atomic E-state index is -0.178. The van der Waals surface area contributed by atoms with Crippen LogP contribution >= 0.6 is 0 Å². The largest absolute Gasteiger partial charge is 0.338 e. The number of nitrogens with two attached hydrogens (primary N) is 1. The molecule has 3 aliphatic rings. The van der Waals surface area contributed by atoms with Crippen LogP contribution in [0.15, 0.2) is 54.6 Å². The van der Waals surface area contributed by atoms with Crippen LogP contribution in [-0.2, 0) is 20.9 Å². The van der Waals surface area contributed by atoms with Crippen molar-refractivity contribution in [1.82, 2.24) is 20.0 Å². The Labute approximate surface area is 305 Å². The summed E-state index contributed by atoms with van der Waals surface area (Å²) in [5.74, 6) is 0.351. The number of rotatable bonds is 7. The Hall–Kier alpha value is -3.56. The number of nitrogens with one attached hydrogen (secondary N) is 1. The molecule has 0 radical (unpaired) electrons. The molecule has 1 unspecified atom stereocenters. The molecule has 9 heteroatoms. The maximum atomic E-state index is 13.4. The number of carbonyl (C=O) groups excluding carboxylic acids is 4. The molecule has 3 fully saturated rings. The molecule has 2 aromatic rings. The summed E-state index contributed by atoms with van der Waals surface area (Å²) >= 11 is 0. The second-order valence-corrected chi connectivity index (χ2v) is 12.0. The summed E-state index contributed by atoms with van der Waals surface area (Å²) in [7, 11) is 1.50. The molecular formula is C41H71N5O4. The fraction of sp³-hybridized carbons (Fsp3) is 0.610. The van der Waals surface area contributed by atoms with E-state index in [1.165, 1.54) is 36.6 Å². The number of hydrogen-bond donors (Lipinski definition) is 2. The standard InChI is InChI=1S/C31H42N4O2.C3H8.2C2H6.CH5N.2CH2O/c1-25-10-12-26(13-11-25)24-35-23-17-31(29(35)36)15-21-33(22-16-31)20-14-28(27-8-4-2-5-9-27)32-30(37)34-18-6-3-7-19-34;1-3-2;5*1-2/h2,4-5,8-13,28H,3,6-7,14-24H2,1H3,(H,32,37);3H2,1-2H3;2*1-2H3;2H2,1H3;2*1H2. The summed E-state index contributed by atoms with van der Waals surface area (Å²) in [4.78, 5) is 48.9. The van der Waals surface area contributed by atoms with Crippen molar-refractivity contribution < 1.29 is 19.2 Å². The van der Waals surface area contributed by atoms with Crippen molar-refractivity contribution in [2.75, 3.05) is 46.3 Å². The number of benzene rings is 2. The van der Waals surface area contributed by atoms with E-state index in [0.717, 1.165) is 84.3 Å². The highest BCUT2D eigenvalue weighted by molar-refractivity contribution is 5.85. The lowest BCUT2D eigenvalue weighted by atomic mass is 9.77. The van der Waals surface area contributed by atoms with Crippen LogP contribution in [0.3, 0.4) is 0 Å². The average molecular weight is 698 g/mol. The molecule has 0 aliphatic carbocycles. The van der Waals surface area contributed by atoms with Gasteiger partial charge in [0.05, 0.1) is 11.5 Å². The molecule has 3 N–H and O–H groups in total. The van der Waals surface area contributed by atoms with E-state index in [1.54, 1.807) is 0 Å². The van der Waals surface area contributed by atoms with E-state index in [9.17, 15) is 9.59 Å². The van der Waals surface area contributed by atoms with E-state index >= 15 is 0 Å². The summed E-state index contributed by atoms with van der Waals surface area (Å²) in [5.41, 5.74) is 7.95. The lowest BCUT2D eigenvalue weighted by molar-refractivity contribution is -0.138. The van der Waals surface area contributed by atoms with Gasteiger partial charge in [0.2, 0.25) is 5.91 Å². The number of hydrogen-bond acceptors (Lipinski definition) is 6. The van der Waals surface area contributed by atoms with Crippen LogP contribution < -0.4 is 11.1 Å². The second kappa shape index (κ2) is 30.3. The van der Waals surface area contributed by atoms with Crippen LogP contribution in [0.4, 0.5) is 4.79 Å². The quantitative estimate of drug-likeness (QED) is 0.305. The van der Waals surface area contributed by atoms with Gasteiger partial charge in [-0.05, 0) is 83.1 Å². The normalized spacial score (nSPS) is 16.3. The van der Waals surface area contributed by atoms with Crippen LogP contribution in [0.25, 0.3) is 0 Å². The van der Waals surface area contributed by atoms with E-state index < -0.39 is 0 Å². The number of nitrogens with zero attached hydrogens (tertiary/aromatic N) is 3. The predicted molar refractivity (Wildman–Crippen MR) is 210 cm³/mol. The van der Waals surface area contributed by atoms with E-state index in [2.05, 4.69) is 78.0 Å². The zero-order chi connectivity index (χ0) is 38.4. The first-order valence-corrected chi connectivity index (χ1v) is 18.8. The topological polar surface area (TPSA) is 116 Å². The number of urea groups is 1. The molecule has 3 heterocycles. The lowest BCUT2D eigenvalue weighted by Crippen LogP contribution is -2.46. The number of carbonyl (C=O) groups is 4. The summed E-state index contributed by atoms with van der Waals surface area (Å²) in [5, 5.41) is 3.33. The van der Waals surface area contributed by atoms with Crippen molar-refractivity contribution in [3.63, 3.8) is 0 Å². The molecule has 3 amide bonds. The molecule has 1 spiro atoms. The highest BCUT2D eigenvalue weighted by Crippen LogP contribution is 2.42. The zero-order valence-electron chi connectivity index (χ0n) is 32.8. The minimum absolute atomic E-state index is 0.00428. The van der Waals surface area contributed by atoms with Crippen LogP contribution in [0, 0.1) is 12.3 Å². The van der Waals surface area contributed by atoms with Gasteiger partial charge in [0, 0.05) is 32.7 Å². The molecule has 0 aromatic heterocycles. The van der Waals surface area contributed by atoms with Gasteiger partial charge in [0.1, 0.15) is 13.6 Å². The van der Waals surface area contributed by atoms with Gasteiger partial charge in [-0.1, -0.05) is 108 Å². The van der Waals surface area contributed by atoms with Gasteiger partial charge >= 0.3 is 6.03 Å². The first-order valence-electron chi connectivity index (χ1n) is 18.8. The smallest absolute Gasteiger partial charge is 0.317 e. The number of likely N-dealkylation sites (tertiary alicyclic amines) is 3. The molecule has 50 heavy (non-hydrogen) atoms. The van der Waals surface area contributed by atoms with Gasteiger partial charge in [0.25, 0.3) is 0 Å². The van der Waals surface area contributed by atoms with E-state index in [0.29, 0.717) is 5.91 Å². The first-order chi connectivity index (χ1) is 24.4. The zero-order valence-corrected chi connectivity index (χ0v) is 32.8. The molecule has 1 atom stereocenters. The van der Waals surface area contributed by atoms with Crippen molar-refractivity contribution in [3.8, 4) is 0 Å². The number of aryl methyl sites for hydroxylation is 1. The molecule has 9 nitrogen and oxygen atoms in total. The van der Waals surface area contributed by atoms with E-state index in [-0.39, 0.29) is 17.5 Å². The molecule has 0 bridgehead atoms. The van der Waals surface area contributed by atoms with Gasteiger partial charge in [-0.25, -0.2) is 4.79 Å². The SMILES string of the molecule is C=O.C=O.CC.CC.CCC.CN.Cc1ccc(CN2CCC3(CCN(CCC(NC(=O)N4CCCCC4)c4ccccc4)CC3)C2=O)cc1. The van der Waals surface area contributed by atoms with Crippen molar-refractivity contribution in [2.24, 2.45) is 11.1 Å². The number of amides is 3. The Bertz CT molecular complexity index is 1100. The van der Waals surface area contributed by atoms with Crippen LogP contribution in [0.5, 0.6) is 0 Å². The van der Waals surface area contributed by atoms with Crippen molar-refractivity contribution >= 4 is 25.5 Å². The molecule has 2 aromatic carbocycles. The van der Waals surface area contributed by atoms with Crippen LogP contribution in [-0.4, -0.2) is 86.5 Å². The third-order valence-corrected chi connectivity index (χ3v) is 8.79. The Morgan fingerprint density at radius 3 is 1.82 bits per heavy atom. The Morgan fingerprint density at radius 2 is 1.30 bits per heavy atom. The average Bonchev–Trinajstić information content (AvgIpc) is 3.49. The highest BCUT2D eigenvalue weighted by Gasteiger charge is 2.47. The Morgan fingerprint density at radius 1 is 0.800 bits per heavy atom. The van der Waals surface area contributed by atoms with Gasteiger partial charge in [0.15, 0.2) is 0 Å². The van der Waals surface area contributed by atoms with E-state index in [1.807, 2.05) is 64.4 Å². The van der Waals surface area contributed by atoms with Crippen LogP contribution in [0.2, 0.25) is 0 Å². The maximum absolute atomic E-state index is 13.4. The third-order valence-electron chi connectivity index (χ3n) is 8.79. The fourth-order valence-corrected chi connectivity index (χ4v) is 6.28. The van der Waals surface area contributed by atoms with Crippen molar-refractivity contribution in [2.45, 2.75) is 112 Å². The third kappa shape index (κ3) is 16.4. The van der Waals surface area contributed by atoms with Gasteiger partial charge < -0.3 is 35.3 Å². The molecule has 284 valence electrons. The number of piperidine rings is 2. The molecule has 3 aliphatic heterocycles. The second-order valence-electron chi connectivity index (χ2n) is 12.0. The molecule has 0 saturated carbocycles. The van der Waals surface area contributed by atoms with Crippen molar-refractivity contribution in [1.29, 1.82) is 0 Å². The van der Waals surface area contributed by atoms with Gasteiger partial charge in [-0.2, -0.15) is 0 Å². The summed E-state index contributed by atoms with van der Waals surface area (Å²) in [6.07, 6.45) is 8.39. The van der Waals surface area contributed by atoms with Crippen LogP contribution in [0.1, 0.15) is 116 Å². The first kappa shape index (κ1) is 48.6.